The number of carbonyl (C=O) groups is 2. The number of anilines is 1. The first kappa shape index (κ1) is 33.2. The Hall–Kier alpha value is -3.27. The van der Waals surface area contributed by atoms with Crippen LogP contribution in [0.2, 0.25) is 10.0 Å². The van der Waals surface area contributed by atoms with Gasteiger partial charge in [-0.25, -0.2) is 8.42 Å². The van der Waals surface area contributed by atoms with E-state index in [2.05, 4.69) is 5.32 Å². The number of aryl methyl sites for hydroxylation is 1. The number of para-hydroxylation sites is 2. The molecule has 0 spiro atoms. The molecular weight excluding hydrogens is 597 g/mol. The lowest BCUT2D eigenvalue weighted by atomic mass is 10.1. The Balaban J connectivity index is 2.11. The first-order chi connectivity index (χ1) is 20.0. The molecule has 0 heterocycles. The molecule has 3 aromatic carbocycles. The standard InChI is InChI=1S/C31H37Cl2N3O5S/c1-5-7-19-34-31(38)27(6-2)35(20-24-25(32)11-10-12-26(24)33)30(37)21-36(28-13-8-9-14-29(28)41-4)42(39,40)23-17-15-22(3)16-18-23/h8-18,27H,5-7,19-21H2,1-4H3,(H,34,38)/t27-/m0/s1. The van der Waals surface area contributed by atoms with Crippen LogP contribution in [-0.2, 0) is 26.2 Å². The number of unbranched alkanes of at least 4 members (excludes halogenated alkanes) is 1. The Labute approximate surface area is 258 Å². The van der Waals surface area contributed by atoms with Crippen LogP contribution in [-0.4, -0.2) is 51.4 Å². The van der Waals surface area contributed by atoms with Gasteiger partial charge < -0.3 is 15.0 Å². The molecule has 42 heavy (non-hydrogen) atoms. The number of carbonyl (C=O) groups excluding carboxylic acids is 2. The lowest BCUT2D eigenvalue weighted by Gasteiger charge is -2.33. The van der Waals surface area contributed by atoms with Crippen molar-refractivity contribution in [1.82, 2.24) is 10.2 Å². The third-order valence-electron chi connectivity index (χ3n) is 6.85. The van der Waals surface area contributed by atoms with Gasteiger partial charge in [0.2, 0.25) is 11.8 Å². The predicted octanol–water partition coefficient (Wildman–Crippen LogP) is 6.23. The lowest BCUT2D eigenvalue weighted by molar-refractivity contribution is -0.140. The number of rotatable bonds is 14. The molecule has 0 aliphatic rings. The molecule has 3 rings (SSSR count). The van der Waals surface area contributed by atoms with E-state index in [0.29, 0.717) is 22.2 Å². The van der Waals surface area contributed by atoms with Crippen LogP contribution >= 0.6 is 23.2 Å². The second-order valence-corrected chi connectivity index (χ2v) is 12.5. The van der Waals surface area contributed by atoms with Gasteiger partial charge in [-0.2, -0.15) is 0 Å². The molecule has 0 radical (unpaired) electrons. The van der Waals surface area contributed by atoms with E-state index in [1.54, 1.807) is 61.5 Å². The molecule has 0 aliphatic carbocycles. The van der Waals surface area contributed by atoms with E-state index >= 15 is 0 Å². The zero-order chi connectivity index (χ0) is 30.9. The second kappa shape index (κ2) is 15.3. The summed E-state index contributed by atoms with van der Waals surface area (Å²) in [4.78, 5) is 28.9. The summed E-state index contributed by atoms with van der Waals surface area (Å²) in [5.41, 5.74) is 1.53. The van der Waals surface area contributed by atoms with Gasteiger partial charge in [-0.3, -0.25) is 13.9 Å². The van der Waals surface area contributed by atoms with Crippen LogP contribution in [0.4, 0.5) is 5.69 Å². The molecule has 1 atom stereocenters. The Morgan fingerprint density at radius 3 is 2.19 bits per heavy atom. The number of halogens is 2. The van der Waals surface area contributed by atoms with Crippen molar-refractivity contribution in [1.29, 1.82) is 0 Å². The summed E-state index contributed by atoms with van der Waals surface area (Å²) in [7, 11) is -2.81. The molecule has 8 nitrogen and oxygen atoms in total. The van der Waals surface area contributed by atoms with Crippen LogP contribution in [0.15, 0.2) is 71.6 Å². The minimum atomic E-state index is -4.24. The number of nitrogens with one attached hydrogen (secondary N) is 1. The molecule has 0 saturated heterocycles. The van der Waals surface area contributed by atoms with Crippen molar-refractivity contribution in [3.63, 3.8) is 0 Å². The average molecular weight is 635 g/mol. The van der Waals surface area contributed by atoms with Gasteiger partial charge >= 0.3 is 0 Å². The van der Waals surface area contributed by atoms with Gasteiger partial charge in [0, 0.05) is 28.7 Å². The normalized spacial score (nSPS) is 12.0. The van der Waals surface area contributed by atoms with E-state index in [0.717, 1.165) is 22.7 Å². The molecule has 2 amide bonds. The van der Waals surface area contributed by atoms with Crippen molar-refractivity contribution in [2.75, 3.05) is 24.5 Å². The van der Waals surface area contributed by atoms with Crippen LogP contribution in [0, 0.1) is 6.92 Å². The maximum absolute atomic E-state index is 14.2. The van der Waals surface area contributed by atoms with Crippen LogP contribution in [0.3, 0.4) is 0 Å². The molecule has 3 aromatic rings. The monoisotopic (exact) mass is 633 g/mol. The highest BCUT2D eigenvalue weighted by Crippen LogP contribution is 2.33. The van der Waals surface area contributed by atoms with Gasteiger partial charge in [0.05, 0.1) is 17.7 Å². The van der Waals surface area contributed by atoms with Crippen LogP contribution in [0.5, 0.6) is 5.75 Å². The van der Waals surface area contributed by atoms with Crippen molar-refractivity contribution >= 4 is 50.7 Å². The zero-order valence-corrected chi connectivity index (χ0v) is 26.6. The number of amides is 2. The predicted molar refractivity (Wildman–Crippen MR) is 168 cm³/mol. The van der Waals surface area contributed by atoms with E-state index in [4.69, 9.17) is 27.9 Å². The fraction of sp³-hybridized carbons (Fsp3) is 0.355. The number of hydrogen-bond donors (Lipinski definition) is 1. The molecule has 0 aliphatic heterocycles. The summed E-state index contributed by atoms with van der Waals surface area (Å²) in [5, 5.41) is 3.56. The van der Waals surface area contributed by atoms with Gasteiger partial charge in [-0.1, -0.05) is 79.4 Å². The number of methoxy groups -OCH3 is 1. The number of hydrogen-bond acceptors (Lipinski definition) is 5. The Kier molecular flexibility index (Phi) is 12.1. The molecule has 11 heteroatoms. The van der Waals surface area contributed by atoms with E-state index in [1.807, 2.05) is 13.8 Å². The van der Waals surface area contributed by atoms with Crippen molar-refractivity contribution < 1.29 is 22.7 Å². The largest absolute Gasteiger partial charge is 0.495 e. The number of nitrogens with zero attached hydrogens (tertiary/aromatic N) is 2. The van der Waals surface area contributed by atoms with E-state index in [9.17, 15) is 18.0 Å². The van der Waals surface area contributed by atoms with E-state index in [1.165, 1.54) is 24.1 Å². The van der Waals surface area contributed by atoms with Gasteiger partial charge in [0.15, 0.2) is 0 Å². The highest BCUT2D eigenvalue weighted by molar-refractivity contribution is 7.92. The fourth-order valence-electron chi connectivity index (χ4n) is 4.47. The molecule has 0 saturated carbocycles. The topological polar surface area (TPSA) is 96.0 Å². The summed E-state index contributed by atoms with van der Waals surface area (Å²) in [6, 6.07) is 17.0. The zero-order valence-electron chi connectivity index (χ0n) is 24.3. The molecule has 0 aromatic heterocycles. The quantitative estimate of drug-likeness (QED) is 0.212. The molecule has 0 bridgehead atoms. The van der Waals surface area contributed by atoms with Crippen LogP contribution < -0.4 is 14.4 Å². The summed E-state index contributed by atoms with van der Waals surface area (Å²) in [6.45, 7) is 5.42. The number of sulfonamides is 1. The van der Waals surface area contributed by atoms with Crippen molar-refractivity contribution in [2.24, 2.45) is 0 Å². The minimum absolute atomic E-state index is 0.0110. The lowest BCUT2D eigenvalue weighted by Crippen LogP contribution is -2.52. The van der Waals surface area contributed by atoms with Crippen molar-refractivity contribution in [2.45, 2.75) is 57.5 Å². The fourth-order valence-corrected chi connectivity index (χ4v) is 6.41. The van der Waals surface area contributed by atoms with Crippen LogP contribution in [0.25, 0.3) is 0 Å². The Bertz CT molecular complexity index is 1460. The van der Waals surface area contributed by atoms with Crippen LogP contribution in [0.1, 0.15) is 44.2 Å². The van der Waals surface area contributed by atoms with Crippen molar-refractivity contribution in [3.8, 4) is 5.75 Å². The summed E-state index contributed by atoms with van der Waals surface area (Å²) in [5.74, 6) is -0.677. The van der Waals surface area contributed by atoms with Gasteiger partial charge in [-0.15, -0.1) is 0 Å². The SMILES string of the molecule is CCCCNC(=O)[C@H](CC)N(Cc1c(Cl)cccc1Cl)C(=O)CN(c1ccccc1OC)S(=O)(=O)c1ccc(C)cc1. The maximum atomic E-state index is 14.2. The Morgan fingerprint density at radius 1 is 0.952 bits per heavy atom. The highest BCUT2D eigenvalue weighted by atomic mass is 35.5. The van der Waals surface area contributed by atoms with Crippen molar-refractivity contribution in [3.05, 3.63) is 87.9 Å². The third kappa shape index (κ3) is 7.96. The first-order valence-corrected chi connectivity index (χ1v) is 16.0. The maximum Gasteiger partial charge on any atom is 0.264 e. The third-order valence-corrected chi connectivity index (χ3v) is 9.33. The average Bonchev–Trinajstić information content (AvgIpc) is 2.97. The summed E-state index contributed by atoms with van der Waals surface area (Å²) >= 11 is 12.9. The summed E-state index contributed by atoms with van der Waals surface area (Å²) in [6.07, 6.45) is 1.95. The number of benzene rings is 3. The molecule has 1 N–H and O–H groups in total. The minimum Gasteiger partial charge on any atom is -0.495 e. The van der Waals surface area contributed by atoms with Gasteiger partial charge in [0.1, 0.15) is 18.3 Å². The highest BCUT2D eigenvalue weighted by Gasteiger charge is 2.35. The number of ether oxygens (including phenoxy) is 1. The van der Waals surface area contributed by atoms with Gasteiger partial charge in [0.25, 0.3) is 10.0 Å². The van der Waals surface area contributed by atoms with E-state index < -0.39 is 28.5 Å². The summed E-state index contributed by atoms with van der Waals surface area (Å²) < 4.78 is 34.6. The molecule has 0 fully saturated rings. The van der Waals surface area contributed by atoms with E-state index in [-0.39, 0.29) is 35.2 Å². The molecular formula is C31H37Cl2N3O5S. The molecule has 0 unspecified atom stereocenters. The van der Waals surface area contributed by atoms with Gasteiger partial charge in [-0.05, 0) is 56.2 Å². The second-order valence-electron chi connectivity index (χ2n) is 9.79. The molecule has 226 valence electrons. The first-order valence-electron chi connectivity index (χ1n) is 13.8. The Morgan fingerprint density at radius 2 is 1.60 bits per heavy atom. The smallest absolute Gasteiger partial charge is 0.264 e.